The van der Waals surface area contributed by atoms with Crippen molar-refractivity contribution in [3.8, 4) is 28.7 Å². The summed E-state index contributed by atoms with van der Waals surface area (Å²) in [5.74, 6) is 4.73. The van der Waals surface area contributed by atoms with Crippen LogP contribution in [0.2, 0.25) is 0 Å². The molecule has 0 unspecified atom stereocenters. The number of phenolic OH excluding ortho intramolecular Hbond substituents is 1. The van der Waals surface area contributed by atoms with Crippen LogP contribution in [0, 0.1) is 11.8 Å². The van der Waals surface area contributed by atoms with Gasteiger partial charge in [0, 0.05) is 18.9 Å². The second-order valence-corrected chi connectivity index (χ2v) is 7.73. The molecule has 0 saturated carbocycles. The van der Waals surface area contributed by atoms with Crippen LogP contribution in [0.15, 0.2) is 66.7 Å². The fourth-order valence-corrected chi connectivity index (χ4v) is 4.00. The average molecular weight is 441 g/mol. The number of phenols is 1. The number of ether oxygens (including phenoxy) is 1. The number of amides is 1. The van der Waals surface area contributed by atoms with E-state index in [1.165, 1.54) is 17.2 Å². The summed E-state index contributed by atoms with van der Waals surface area (Å²) in [6, 6.07) is 20.8. The molecule has 33 heavy (non-hydrogen) atoms. The first-order valence-corrected chi connectivity index (χ1v) is 10.6. The van der Waals surface area contributed by atoms with Crippen molar-refractivity contribution in [3.05, 3.63) is 89.0 Å². The van der Waals surface area contributed by atoms with E-state index in [4.69, 9.17) is 9.84 Å². The van der Waals surface area contributed by atoms with E-state index < -0.39 is 12.1 Å². The number of carbonyl (C=O) groups is 2. The molecule has 3 aromatic rings. The number of alkyl carbamates (subject to hydrolysis) is 1. The summed E-state index contributed by atoms with van der Waals surface area (Å²) in [6.07, 6.45) is -0.296. The van der Waals surface area contributed by atoms with Crippen LogP contribution in [0.5, 0.6) is 5.75 Å². The Morgan fingerprint density at radius 1 is 0.970 bits per heavy atom. The molecule has 0 aliphatic heterocycles. The van der Waals surface area contributed by atoms with Crippen LogP contribution in [-0.2, 0) is 16.0 Å². The molecule has 1 amide bonds. The van der Waals surface area contributed by atoms with Gasteiger partial charge in [-0.05, 0) is 39.9 Å². The second-order valence-electron chi connectivity index (χ2n) is 7.73. The fraction of sp³-hybridized carbons (Fsp3) is 0.185. The van der Waals surface area contributed by atoms with Gasteiger partial charge >= 0.3 is 12.1 Å². The Kier molecular flexibility index (Phi) is 6.61. The Bertz CT molecular complexity index is 1210. The highest BCUT2D eigenvalue weighted by Gasteiger charge is 2.28. The molecule has 1 aliphatic rings. The van der Waals surface area contributed by atoms with Crippen molar-refractivity contribution in [2.45, 2.75) is 18.8 Å². The minimum atomic E-state index is -0.952. The normalized spacial score (nSPS) is 11.6. The number of benzene rings is 3. The van der Waals surface area contributed by atoms with Gasteiger partial charge in [-0.1, -0.05) is 66.4 Å². The monoisotopic (exact) mass is 441 g/mol. The highest BCUT2D eigenvalue weighted by atomic mass is 16.5. The lowest BCUT2D eigenvalue weighted by Gasteiger charge is -2.14. The van der Waals surface area contributed by atoms with E-state index >= 15 is 0 Å². The van der Waals surface area contributed by atoms with E-state index in [0.717, 1.165) is 11.1 Å². The molecule has 166 valence electrons. The molecule has 0 heterocycles. The summed E-state index contributed by atoms with van der Waals surface area (Å²) >= 11 is 0. The van der Waals surface area contributed by atoms with Crippen molar-refractivity contribution < 1.29 is 24.5 Å². The number of hydrogen-bond acceptors (Lipinski definition) is 4. The third-order valence-corrected chi connectivity index (χ3v) is 5.50. The van der Waals surface area contributed by atoms with E-state index in [1.54, 1.807) is 12.1 Å². The van der Waals surface area contributed by atoms with Gasteiger partial charge < -0.3 is 20.3 Å². The molecule has 0 fully saturated rings. The molecule has 3 aromatic carbocycles. The minimum Gasteiger partial charge on any atom is -0.507 e. The summed E-state index contributed by atoms with van der Waals surface area (Å²) in [5, 5.41) is 21.5. The number of rotatable bonds is 6. The van der Waals surface area contributed by atoms with Gasteiger partial charge in [0.2, 0.25) is 0 Å². The Morgan fingerprint density at radius 2 is 1.64 bits per heavy atom. The topological polar surface area (TPSA) is 95.9 Å². The van der Waals surface area contributed by atoms with Crippen molar-refractivity contribution in [3.63, 3.8) is 0 Å². The van der Waals surface area contributed by atoms with E-state index in [2.05, 4.69) is 41.4 Å². The van der Waals surface area contributed by atoms with Crippen LogP contribution >= 0.6 is 0 Å². The number of carboxylic acids is 1. The van der Waals surface area contributed by atoms with Crippen molar-refractivity contribution in [1.82, 2.24) is 5.32 Å². The lowest BCUT2D eigenvalue weighted by Crippen LogP contribution is -2.26. The van der Waals surface area contributed by atoms with E-state index in [9.17, 15) is 14.7 Å². The maximum Gasteiger partial charge on any atom is 0.407 e. The van der Waals surface area contributed by atoms with Gasteiger partial charge in [0.1, 0.15) is 12.4 Å². The molecule has 0 radical (unpaired) electrons. The molecule has 4 rings (SSSR count). The summed E-state index contributed by atoms with van der Waals surface area (Å²) in [4.78, 5) is 23.0. The third-order valence-electron chi connectivity index (χ3n) is 5.50. The molecule has 3 N–H and O–H groups in total. The summed E-state index contributed by atoms with van der Waals surface area (Å²) in [6.45, 7) is 0.537. The summed E-state index contributed by atoms with van der Waals surface area (Å²) < 4.78 is 5.48. The van der Waals surface area contributed by atoms with Crippen molar-refractivity contribution in [1.29, 1.82) is 0 Å². The van der Waals surface area contributed by atoms with Crippen LogP contribution in [0.1, 0.15) is 34.6 Å². The zero-order chi connectivity index (χ0) is 23.2. The van der Waals surface area contributed by atoms with Gasteiger partial charge in [-0.15, -0.1) is 0 Å². The summed E-state index contributed by atoms with van der Waals surface area (Å²) in [7, 11) is 0. The zero-order valence-corrected chi connectivity index (χ0v) is 17.9. The predicted molar refractivity (Wildman–Crippen MR) is 124 cm³/mol. The van der Waals surface area contributed by atoms with Crippen LogP contribution in [0.25, 0.3) is 11.1 Å². The van der Waals surface area contributed by atoms with Crippen LogP contribution < -0.4 is 5.32 Å². The lowest BCUT2D eigenvalue weighted by atomic mass is 9.98. The predicted octanol–water partition coefficient (Wildman–Crippen LogP) is 4.30. The first kappa shape index (κ1) is 22.0. The number of fused-ring (bicyclic) bond motifs is 3. The van der Waals surface area contributed by atoms with Crippen LogP contribution in [-0.4, -0.2) is 35.4 Å². The van der Waals surface area contributed by atoms with E-state index in [1.807, 2.05) is 24.3 Å². The highest BCUT2D eigenvalue weighted by molar-refractivity contribution is 5.79. The van der Waals surface area contributed by atoms with E-state index in [-0.39, 0.29) is 24.7 Å². The summed E-state index contributed by atoms with van der Waals surface area (Å²) in [5.41, 5.74) is 5.57. The molecule has 6 heteroatoms. The molecule has 0 atom stereocenters. The molecule has 1 aliphatic carbocycles. The average Bonchev–Trinajstić information content (AvgIpc) is 3.13. The zero-order valence-electron chi connectivity index (χ0n) is 17.9. The largest absolute Gasteiger partial charge is 0.507 e. The number of aliphatic carboxylic acids is 1. The van der Waals surface area contributed by atoms with E-state index in [0.29, 0.717) is 24.1 Å². The third kappa shape index (κ3) is 5.16. The smallest absolute Gasteiger partial charge is 0.407 e. The minimum absolute atomic E-state index is 0.00370. The number of carbonyl (C=O) groups excluding carboxylic acids is 1. The van der Waals surface area contributed by atoms with Crippen molar-refractivity contribution in [2.24, 2.45) is 0 Å². The Hall–Kier alpha value is -4.24. The fourth-order valence-electron chi connectivity index (χ4n) is 4.00. The molecule has 6 nitrogen and oxygen atoms in total. The number of aromatic hydroxyl groups is 1. The van der Waals surface area contributed by atoms with Gasteiger partial charge in [0.25, 0.3) is 0 Å². The molecule has 0 bridgehead atoms. The van der Waals surface area contributed by atoms with Gasteiger partial charge in [-0.2, -0.15) is 0 Å². The van der Waals surface area contributed by atoms with Crippen LogP contribution in [0.4, 0.5) is 4.79 Å². The maximum atomic E-state index is 12.2. The van der Waals surface area contributed by atoms with Gasteiger partial charge in [0.05, 0.1) is 12.0 Å². The number of carboxylic acid groups (broad SMARTS) is 1. The SMILES string of the molecule is O=C(O)Cc1ccc(O)c(C#CCCNC(=O)OCC2c3ccccc3-c3ccccc32)c1. The lowest BCUT2D eigenvalue weighted by molar-refractivity contribution is -0.136. The molecule has 0 aromatic heterocycles. The standard InChI is InChI=1S/C27H23NO5/c29-25-13-12-18(16-26(30)31)15-19(25)7-5-6-14-28-27(32)33-17-24-22-10-3-1-8-20(22)21-9-2-4-11-23(21)24/h1-4,8-13,15,24,29H,6,14,16-17H2,(H,28,32)(H,30,31). The highest BCUT2D eigenvalue weighted by Crippen LogP contribution is 2.44. The van der Waals surface area contributed by atoms with Crippen molar-refractivity contribution >= 4 is 12.1 Å². The Labute approximate surface area is 191 Å². The second kappa shape index (κ2) is 9.92. The van der Waals surface area contributed by atoms with Crippen LogP contribution in [0.3, 0.4) is 0 Å². The van der Waals surface area contributed by atoms with Crippen molar-refractivity contribution in [2.75, 3.05) is 13.2 Å². The van der Waals surface area contributed by atoms with Gasteiger partial charge in [0.15, 0.2) is 0 Å². The molecular weight excluding hydrogens is 418 g/mol. The Balaban J connectivity index is 1.28. The number of nitrogens with one attached hydrogen (secondary N) is 1. The van der Waals surface area contributed by atoms with Gasteiger partial charge in [-0.25, -0.2) is 4.79 Å². The maximum absolute atomic E-state index is 12.2. The first-order chi connectivity index (χ1) is 16.0. The molecular formula is C27H23NO5. The first-order valence-electron chi connectivity index (χ1n) is 10.6. The molecule has 0 saturated heterocycles. The van der Waals surface area contributed by atoms with Gasteiger partial charge in [-0.3, -0.25) is 4.79 Å². The molecule has 0 spiro atoms. The number of hydrogen-bond donors (Lipinski definition) is 3. The quantitative estimate of drug-likeness (QED) is 0.392. The Morgan fingerprint density at radius 3 is 2.30 bits per heavy atom.